The van der Waals surface area contributed by atoms with Crippen molar-refractivity contribution >= 4 is 10.8 Å². The fraction of sp³-hybridized carbons (Fsp3) is 0. The molecule has 4 aromatic carbocycles. The van der Waals surface area contributed by atoms with Gasteiger partial charge in [-0.3, -0.25) is 15.0 Å². The van der Waals surface area contributed by atoms with Crippen molar-refractivity contribution in [2.45, 2.75) is 0 Å². The lowest BCUT2D eigenvalue weighted by Crippen LogP contribution is -2.01. The molecule has 0 aliphatic carbocycles. The van der Waals surface area contributed by atoms with Crippen molar-refractivity contribution in [3.05, 3.63) is 176 Å². The molecule has 7 heteroatoms. The molecule has 0 saturated heterocycles. The van der Waals surface area contributed by atoms with E-state index in [0.717, 1.165) is 66.9 Å². The molecule has 9 aromatic rings. The molecule has 0 bridgehead atoms. The van der Waals surface area contributed by atoms with Crippen molar-refractivity contribution in [1.29, 1.82) is 0 Å². The zero-order chi connectivity index (χ0) is 34.7. The maximum atomic E-state index is 4.98. The number of pyridine rings is 4. The molecule has 0 aliphatic heterocycles. The molecule has 5 aromatic heterocycles. The molecule has 52 heavy (non-hydrogen) atoms. The van der Waals surface area contributed by atoms with E-state index in [-0.39, 0.29) is 0 Å². The fourth-order valence-corrected chi connectivity index (χ4v) is 6.40. The van der Waals surface area contributed by atoms with Crippen LogP contribution in [0.5, 0.6) is 0 Å². The summed E-state index contributed by atoms with van der Waals surface area (Å²) in [6, 6.07) is 52.8. The van der Waals surface area contributed by atoms with Gasteiger partial charge in [0.25, 0.3) is 0 Å². The molecular weight excluding hydrogens is 639 g/mol. The number of rotatable bonds is 7. The highest BCUT2D eigenvalue weighted by molar-refractivity contribution is 6.04. The van der Waals surface area contributed by atoms with Crippen LogP contribution in [0.15, 0.2) is 176 Å². The van der Waals surface area contributed by atoms with Crippen LogP contribution in [-0.2, 0) is 0 Å². The van der Waals surface area contributed by atoms with Gasteiger partial charge in [0.1, 0.15) is 5.69 Å². The lowest BCUT2D eigenvalue weighted by Gasteiger charge is -2.14. The molecule has 0 unspecified atom stereocenters. The van der Waals surface area contributed by atoms with Gasteiger partial charge in [0, 0.05) is 35.3 Å². The molecule has 0 N–H and O–H groups in total. The molecule has 7 nitrogen and oxygen atoms in total. The van der Waals surface area contributed by atoms with E-state index in [2.05, 4.69) is 64.6 Å². The summed E-state index contributed by atoms with van der Waals surface area (Å²) in [7, 11) is 0. The van der Waals surface area contributed by atoms with Crippen molar-refractivity contribution in [2.75, 3.05) is 0 Å². The Morgan fingerprint density at radius 3 is 1.31 bits per heavy atom. The van der Waals surface area contributed by atoms with Crippen LogP contribution in [0.1, 0.15) is 0 Å². The molecule has 5 heterocycles. The van der Waals surface area contributed by atoms with Gasteiger partial charge >= 0.3 is 0 Å². The predicted molar refractivity (Wildman–Crippen MR) is 207 cm³/mol. The number of fused-ring (bicyclic) bond motifs is 1. The molecule has 0 atom stereocenters. The Labute approximate surface area is 300 Å². The molecule has 0 fully saturated rings. The van der Waals surface area contributed by atoms with Crippen molar-refractivity contribution in [2.24, 2.45) is 0 Å². The van der Waals surface area contributed by atoms with Gasteiger partial charge in [-0.05, 0) is 69.9 Å². The van der Waals surface area contributed by atoms with Gasteiger partial charge in [0.15, 0.2) is 17.5 Å². The van der Waals surface area contributed by atoms with E-state index in [1.165, 1.54) is 0 Å². The molecule has 0 radical (unpaired) electrons. The molecule has 0 amide bonds. The molecule has 0 spiro atoms. The third-order valence-corrected chi connectivity index (χ3v) is 8.92. The Hall–Kier alpha value is -7.25. The van der Waals surface area contributed by atoms with Crippen molar-refractivity contribution in [3.8, 4) is 79.3 Å². The third-order valence-electron chi connectivity index (χ3n) is 8.92. The van der Waals surface area contributed by atoms with Crippen molar-refractivity contribution in [3.63, 3.8) is 0 Å². The minimum atomic E-state index is 0.518. The average Bonchev–Trinajstić information content (AvgIpc) is 3.24. The minimum Gasteiger partial charge on any atom is -0.255 e. The average molecular weight is 668 g/mol. The van der Waals surface area contributed by atoms with Crippen LogP contribution in [0.2, 0.25) is 0 Å². The first-order valence-electron chi connectivity index (χ1n) is 17.0. The van der Waals surface area contributed by atoms with Crippen LogP contribution in [0.4, 0.5) is 0 Å². The molecular formula is C45H29N7. The normalized spacial score (nSPS) is 11.1. The topological polar surface area (TPSA) is 90.2 Å². The van der Waals surface area contributed by atoms with Gasteiger partial charge in [-0.2, -0.15) is 0 Å². The smallest absolute Gasteiger partial charge is 0.182 e. The molecule has 0 aliphatic rings. The third kappa shape index (κ3) is 6.08. The minimum absolute atomic E-state index is 0.518. The first-order chi connectivity index (χ1) is 25.8. The first kappa shape index (κ1) is 30.8. The fourth-order valence-electron chi connectivity index (χ4n) is 6.40. The highest BCUT2D eigenvalue weighted by Gasteiger charge is 2.16. The van der Waals surface area contributed by atoms with E-state index in [4.69, 9.17) is 24.9 Å². The number of aromatic nitrogens is 7. The number of nitrogens with zero attached hydrogens (tertiary/aromatic N) is 7. The first-order valence-corrected chi connectivity index (χ1v) is 17.0. The summed E-state index contributed by atoms with van der Waals surface area (Å²) in [6.45, 7) is 0. The number of hydrogen-bond donors (Lipinski definition) is 0. The lowest BCUT2D eigenvalue weighted by molar-refractivity contribution is 1.06. The second-order valence-corrected chi connectivity index (χ2v) is 12.2. The largest absolute Gasteiger partial charge is 0.255 e. The Morgan fingerprint density at radius 2 is 0.808 bits per heavy atom. The Balaban J connectivity index is 1.12. The summed E-state index contributed by atoms with van der Waals surface area (Å²) < 4.78 is 0. The van der Waals surface area contributed by atoms with Gasteiger partial charge in [-0.25, -0.2) is 19.9 Å². The summed E-state index contributed by atoms with van der Waals surface area (Å²) >= 11 is 0. The van der Waals surface area contributed by atoms with Gasteiger partial charge < -0.3 is 0 Å². The monoisotopic (exact) mass is 667 g/mol. The molecule has 244 valence electrons. The maximum absolute atomic E-state index is 4.98. The van der Waals surface area contributed by atoms with Crippen molar-refractivity contribution in [1.82, 2.24) is 34.9 Å². The Kier molecular flexibility index (Phi) is 8.04. The summed E-state index contributed by atoms with van der Waals surface area (Å²) in [4.78, 5) is 33.6. The second kappa shape index (κ2) is 13.6. The zero-order valence-corrected chi connectivity index (χ0v) is 27.9. The van der Waals surface area contributed by atoms with Crippen molar-refractivity contribution < 1.29 is 0 Å². The Morgan fingerprint density at radius 1 is 0.288 bits per heavy atom. The van der Waals surface area contributed by atoms with E-state index < -0.39 is 0 Å². The van der Waals surface area contributed by atoms with Gasteiger partial charge in [-0.1, -0.05) is 115 Å². The van der Waals surface area contributed by atoms with E-state index in [9.17, 15) is 0 Å². The van der Waals surface area contributed by atoms with Crippen LogP contribution in [0.3, 0.4) is 0 Å². The second-order valence-electron chi connectivity index (χ2n) is 12.2. The highest BCUT2D eigenvalue weighted by Crippen LogP contribution is 2.37. The highest BCUT2D eigenvalue weighted by atomic mass is 15.0. The molecule has 9 rings (SSSR count). The summed E-state index contributed by atoms with van der Waals surface area (Å²) in [5.41, 5.74) is 9.88. The summed E-state index contributed by atoms with van der Waals surface area (Å²) in [5, 5.41) is 2.23. The summed E-state index contributed by atoms with van der Waals surface area (Å²) in [5.74, 6) is 1.72. The van der Waals surface area contributed by atoms with Gasteiger partial charge in [-0.15, -0.1) is 0 Å². The van der Waals surface area contributed by atoms with Crippen LogP contribution in [0.25, 0.3) is 90.1 Å². The lowest BCUT2D eigenvalue weighted by atomic mass is 9.93. The quantitative estimate of drug-likeness (QED) is 0.167. The molecule has 0 saturated carbocycles. The van der Waals surface area contributed by atoms with Gasteiger partial charge in [0.2, 0.25) is 0 Å². The van der Waals surface area contributed by atoms with E-state index in [1.54, 1.807) is 12.4 Å². The van der Waals surface area contributed by atoms with Gasteiger partial charge in [0.05, 0.1) is 22.8 Å². The van der Waals surface area contributed by atoms with Crippen LogP contribution < -0.4 is 0 Å². The van der Waals surface area contributed by atoms with Crippen LogP contribution >= 0.6 is 0 Å². The van der Waals surface area contributed by atoms with E-state index in [1.807, 2.05) is 109 Å². The number of benzene rings is 4. The van der Waals surface area contributed by atoms with Crippen LogP contribution in [0, 0.1) is 0 Å². The van der Waals surface area contributed by atoms with E-state index in [0.29, 0.717) is 23.2 Å². The van der Waals surface area contributed by atoms with E-state index >= 15 is 0 Å². The number of hydrogen-bond acceptors (Lipinski definition) is 7. The predicted octanol–water partition coefficient (Wildman–Crippen LogP) is 10.3. The van der Waals surface area contributed by atoms with Crippen LogP contribution in [-0.4, -0.2) is 34.9 Å². The standard InChI is InChI=1S/C45H29N7/c1-3-13-30(14-4-1)43-50-44(31-15-5-2-6-16-31)52-45(51-43)40-24-23-32(29-48-40)34-17-11-20-37-35(18-12-19-36(34)37)33-27-41(38-21-7-9-25-46-38)49-42(28-33)39-22-8-10-26-47-39/h1-29H. The summed E-state index contributed by atoms with van der Waals surface area (Å²) in [6.07, 6.45) is 5.48. The SMILES string of the molecule is c1ccc(-c2nc(-c3ccccc3)nc(-c3ccc(-c4cccc5c(-c6cc(-c7ccccn7)nc(-c7ccccn7)c6)cccc45)cn3)n2)cc1. The zero-order valence-electron chi connectivity index (χ0n) is 27.9. The Bertz CT molecular complexity index is 2530. The maximum Gasteiger partial charge on any atom is 0.182 e.